The maximum Gasteiger partial charge on any atom is 0.253 e. The summed E-state index contributed by atoms with van der Waals surface area (Å²) in [5.41, 5.74) is 2.80. The number of carbonyl (C=O) groups excluding carboxylic acids is 1. The highest BCUT2D eigenvalue weighted by atomic mass is 32.2. The topological polar surface area (TPSA) is 87.7 Å². The molecule has 0 saturated carbocycles. The monoisotopic (exact) mass is 497 g/mol. The van der Waals surface area contributed by atoms with E-state index in [-0.39, 0.29) is 10.8 Å². The SMILES string of the molecule is CCNS(=O)(=O)c1ccc2c(c1)C(c1ccc(C(=O)N(CC)CC)cc1)=CC1(CCCNCC1)O2. The summed E-state index contributed by atoms with van der Waals surface area (Å²) in [5, 5.41) is 3.44. The number of hydrogen-bond donors (Lipinski definition) is 2. The standard InChI is InChI=1S/C27H35N3O4S/c1-4-29-35(32,33)22-12-13-25-23(18-22)24(19-27(34-25)14-7-16-28-17-15-27)20-8-10-21(11-9-20)26(31)30(5-2)6-3/h8-13,18-19,28-29H,4-7,14-17H2,1-3H3. The molecule has 188 valence electrons. The molecule has 1 fully saturated rings. The summed E-state index contributed by atoms with van der Waals surface area (Å²) in [7, 11) is -3.61. The van der Waals surface area contributed by atoms with E-state index < -0.39 is 15.6 Å². The van der Waals surface area contributed by atoms with Crippen molar-refractivity contribution in [2.45, 2.75) is 50.5 Å². The summed E-state index contributed by atoms with van der Waals surface area (Å²) in [6, 6.07) is 12.7. The Labute approximate surface area is 208 Å². The van der Waals surface area contributed by atoms with E-state index in [0.29, 0.717) is 30.9 Å². The Morgan fingerprint density at radius 1 is 1.06 bits per heavy atom. The van der Waals surface area contributed by atoms with Gasteiger partial charge in [0.05, 0.1) is 4.90 Å². The Kier molecular flexibility index (Phi) is 7.64. The average molecular weight is 498 g/mol. The van der Waals surface area contributed by atoms with Crippen LogP contribution in [-0.2, 0) is 10.0 Å². The van der Waals surface area contributed by atoms with E-state index in [9.17, 15) is 13.2 Å². The van der Waals surface area contributed by atoms with Crippen LogP contribution in [0.5, 0.6) is 5.75 Å². The number of nitrogens with zero attached hydrogens (tertiary/aromatic N) is 1. The zero-order valence-electron chi connectivity index (χ0n) is 20.8. The number of amides is 1. The summed E-state index contributed by atoms with van der Waals surface area (Å²) < 4.78 is 34.6. The van der Waals surface area contributed by atoms with Gasteiger partial charge < -0.3 is 15.0 Å². The van der Waals surface area contributed by atoms with Gasteiger partial charge in [-0.25, -0.2) is 13.1 Å². The van der Waals surface area contributed by atoms with E-state index in [1.807, 2.05) is 38.1 Å². The molecule has 0 radical (unpaired) electrons. The Morgan fingerprint density at radius 3 is 2.49 bits per heavy atom. The first kappa shape index (κ1) is 25.4. The molecule has 0 bridgehead atoms. The predicted molar refractivity (Wildman–Crippen MR) is 138 cm³/mol. The summed E-state index contributed by atoms with van der Waals surface area (Å²) in [5.74, 6) is 0.691. The van der Waals surface area contributed by atoms with Crippen LogP contribution >= 0.6 is 0 Å². The van der Waals surface area contributed by atoms with Gasteiger partial charge in [0.2, 0.25) is 10.0 Å². The lowest BCUT2D eigenvalue weighted by atomic mass is 9.84. The van der Waals surface area contributed by atoms with Gasteiger partial charge in [-0.3, -0.25) is 4.79 Å². The van der Waals surface area contributed by atoms with Crippen molar-refractivity contribution in [1.82, 2.24) is 14.9 Å². The van der Waals surface area contributed by atoms with Gasteiger partial charge in [-0.2, -0.15) is 0 Å². The highest BCUT2D eigenvalue weighted by Gasteiger charge is 2.36. The van der Waals surface area contributed by atoms with Crippen LogP contribution in [0.1, 0.15) is 61.5 Å². The van der Waals surface area contributed by atoms with Crippen LogP contribution in [0.4, 0.5) is 0 Å². The van der Waals surface area contributed by atoms with Gasteiger partial charge in [0, 0.05) is 37.2 Å². The minimum Gasteiger partial charge on any atom is -0.482 e. The van der Waals surface area contributed by atoms with Crippen LogP contribution in [0.3, 0.4) is 0 Å². The molecule has 2 N–H and O–H groups in total. The predicted octanol–water partition coefficient (Wildman–Crippen LogP) is 3.80. The van der Waals surface area contributed by atoms with Gasteiger partial charge in [0.1, 0.15) is 11.4 Å². The lowest BCUT2D eigenvalue weighted by Crippen LogP contribution is -2.37. The molecule has 35 heavy (non-hydrogen) atoms. The van der Waals surface area contributed by atoms with Gasteiger partial charge in [-0.15, -0.1) is 0 Å². The molecule has 2 heterocycles. The second kappa shape index (κ2) is 10.5. The molecule has 1 unspecified atom stereocenters. The fourth-order valence-corrected chi connectivity index (χ4v) is 5.94. The first-order valence-corrected chi connectivity index (χ1v) is 14.0. The number of fused-ring (bicyclic) bond motifs is 1. The number of hydrogen-bond acceptors (Lipinski definition) is 5. The maximum atomic E-state index is 12.8. The lowest BCUT2D eigenvalue weighted by molar-refractivity contribution is 0.0773. The third-order valence-corrected chi connectivity index (χ3v) is 8.32. The van der Waals surface area contributed by atoms with Crippen LogP contribution in [0.2, 0.25) is 0 Å². The molecule has 7 nitrogen and oxygen atoms in total. The third-order valence-electron chi connectivity index (χ3n) is 6.78. The highest BCUT2D eigenvalue weighted by molar-refractivity contribution is 7.89. The van der Waals surface area contributed by atoms with Crippen molar-refractivity contribution in [3.63, 3.8) is 0 Å². The molecule has 0 aromatic heterocycles. The summed E-state index contributed by atoms with van der Waals surface area (Å²) in [6.07, 6.45) is 4.85. The molecule has 4 rings (SSSR count). The molecule has 8 heteroatoms. The maximum absolute atomic E-state index is 12.8. The van der Waals surface area contributed by atoms with Crippen LogP contribution < -0.4 is 14.8 Å². The largest absolute Gasteiger partial charge is 0.482 e. The Morgan fingerprint density at radius 2 is 1.80 bits per heavy atom. The highest BCUT2D eigenvalue weighted by Crippen LogP contribution is 2.43. The number of carbonyl (C=O) groups is 1. The fraction of sp³-hybridized carbons (Fsp3) is 0.444. The third kappa shape index (κ3) is 5.29. The second-order valence-corrected chi connectivity index (χ2v) is 10.8. The smallest absolute Gasteiger partial charge is 0.253 e. The molecule has 2 aromatic carbocycles. The average Bonchev–Trinajstić information content (AvgIpc) is 3.09. The molecule has 0 aliphatic carbocycles. The van der Waals surface area contributed by atoms with Gasteiger partial charge >= 0.3 is 0 Å². The van der Waals surface area contributed by atoms with Crippen LogP contribution in [-0.4, -0.2) is 57.5 Å². The molecule has 1 amide bonds. The number of benzene rings is 2. The van der Waals surface area contributed by atoms with E-state index in [0.717, 1.165) is 49.1 Å². The first-order valence-electron chi connectivity index (χ1n) is 12.5. The van der Waals surface area contributed by atoms with E-state index in [1.54, 1.807) is 30.0 Å². The number of nitrogens with one attached hydrogen (secondary N) is 2. The van der Waals surface area contributed by atoms with Crippen molar-refractivity contribution in [3.8, 4) is 5.75 Å². The summed E-state index contributed by atoms with van der Waals surface area (Å²) >= 11 is 0. The van der Waals surface area contributed by atoms with Gasteiger partial charge in [-0.05, 0) is 87.3 Å². The number of rotatable bonds is 7. The quantitative estimate of drug-likeness (QED) is 0.608. The molecule has 2 aliphatic rings. The summed E-state index contributed by atoms with van der Waals surface area (Å²) in [4.78, 5) is 14.8. The zero-order valence-corrected chi connectivity index (χ0v) is 21.6. The molecule has 2 aromatic rings. The van der Waals surface area contributed by atoms with Crippen molar-refractivity contribution in [2.75, 3.05) is 32.7 Å². The zero-order chi connectivity index (χ0) is 25.1. The molecule has 1 atom stereocenters. The van der Waals surface area contributed by atoms with Gasteiger partial charge in [0.15, 0.2) is 0 Å². The van der Waals surface area contributed by atoms with E-state index in [1.165, 1.54) is 0 Å². The van der Waals surface area contributed by atoms with E-state index in [4.69, 9.17) is 4.74 Å². The second-order valence-electron chi connectivity index (χ2n) is 9.04. The molecular weight excluding hydrogens is 462 g/mol. The van der Waals surface area contributed by atoms with Gasteiger partial charge in [-0.1, -0.05) is 19.1 Å². The Bertz CT molecular complexity index is 1190. The molecule has 1 saturated heterocycles. The van der Waals surface area contributed by atoms with Crippen molar-refractivity contribution in [1.29, 1.82) is 0 Å². The van der Waals surface area contributed by atoms with Crippen molar-refractivity contribution >= 4 is 21.5 Å². The minimum absolute atomic E-state index is 0.00763. The van der Waals surface area contributed by atoms with Gasteiger partial charge in [0.25, 0.3) is 5.91 Å². The first-order chi connectivity index (χ1) is 16.8. The summed E-state index contributed by atoms with van der Waals surface area (Å²) in [6.45, 7) is 9.14. The molecular formula is C27H35N3O4S. The Hall–Kier alpha value is -2.68. The minimum atomic E-state index is -3.61. The van der Waals surface area contributed by atoms with Crippen LogP contribution in [0.25, 0.3) is 5.57 Å². The molecule has 1 spiro atoms. The van der Waals surface area contributed by atoms with Crippen molar-refractivity contribution in [2.24, 2.45) is 0 Å². The van der Waals surface area contributed by atoms with Crippen LogP contribution in [0.15, 0.2) is 53.4 Å². The van der Waals surface area contributed by atoms with Crippen molar-refractivity contribution in [3.05, 3.63) is 65.2 Å². The van der Waals surface area contributed by atoms with E-state index >= 15 is 0 Å². The fourth-order valence-electron chi connectivity index (χ4n) is 4.87. The lowest BCUT2D eigenvalue weighted by Gasteiger charge is -2.36. The van der Waals surface area contributed by atoms with Crippen LogP contribution in [0, 0.1) is 0 Å². The normalized spacial score (nSPS) is 19.9. The number of sulfonamides is 1. The Balaban J connectivity index is 1.79. The van der Waals surface area contributed by atoms with Crippen molar-refractivity contribution < 1.29 is 17.9 Å². The number of ether oxygens (including phenoxy) is 1. The molecule has 2 aliphatic heterocycles. The van der Waals surface area contributed by atoms with E-state index in [2.05, 4.69) is 16.1 Å².